The highest BCUT2D eigenvalue weighted by molar-refractivity contribution is 7.14. The van der Waals surface area contributed by atoms with E-state index in [0.29, 0.717) is 17.1 Å². The van der Waals surface area contributed by atoms with Crippen molar-refractivity contribution in [1.29, 1.82) is 0 Å². The number of nitrogens with one attached hydrogen (secondary N) is 1. The van der Waals surface area contributed by atoms with Gasteiger partial charge in [0.1, 0.15) is 4.88 Å². The summed E-state index contributed by atoms with van der Waals surface area (Å²) in [4.78, 5) is 16.0. The van der Waals surface area contributed by atoms with E-state index in [-0.39, 0.29) is 17.6 Å². The normalized spacial score (nSPS) is 10.3. The third-order valence-corrected chi connectivity index (χ3v) is 2.77. The maximum Gasteiger partial charge on any atom is 0.292 e. The summed E-state index contributed by atoms with van der Waals surface area (Å²) >= 11 is 1.39. The lowest BCUT2D eigenvalue weighted by atomic mass is 10.4. The number of carbonyl (C=O) groups excluding carboxylic acids is 1. The van der Waals surface area contributed by atoms with Crippen LogP contribution in [0.15, 0.2) is 16.0 Å². The number of nitrogen functional groups attached to an aromatic ring is 1. The van der Waals surface area contributed by atoms with Crippen molar-refractivity contribution in [3.63, 3.8) is 0 Å². The molecule has 0 atom stereocenters. The van der Waals surface area contributed by atoms with Gasteiger partial charge in [-0.25, -0.2) is 0 Å². The molecule has 0 unspecified atom stereocenters. The Hall–Kier alpha value is -1.89. The molecule has 0 spiro atoms. The fourth-order valence-electron chi connectivity index (χ4n) is 1.14. The van der Waals surface area contributed by atoms with Gasteiger partial charge in [0.2, 0.25) is 0 Å². The number of nitrogens with two attached hydrogens (primary N) is 1. The molecule has 7 heteroatoms. The zero-order chi connectivity index (χ0) is 11.5. The quantitative estimate of drug-likeness (QED) is 0.835. The van der Waals surface area contributed by atoms with Crippen LogP contribution in [0.3, 0.4) is 0 Å². The molecule has 2 aromatic heterocycles. The van der Waals surface area contributed by atoms with Crippen LogP contribution in [0.25, 0.3) is 10.8 Å². The van der Waals surface area contributed by atoms with Crippen molar-refractivity contribution in [2.75, 3.05) is 12.3 Å². The molecule has 2 rings (SSSR count). The van der Waals surface area contributed by atoms with E-state index in [1.165, 1.54) is 11.3 Å². The smallest absolute Gasteiger partial charge is 0.292 e. The minimum atomic E-state index is -0.354. The second-order valence-corrected chi connectivity index (χ2v) is 3.90. The van der Waals surface area contributed by atoms with Crippen LogP contribution in [-0.2, 0) is 0 Å². The Labute approximate surface area is 95.5 Å². The van der Waals surface area contributed by atoms with Gasteiger partial charge < -0.3 is 15.6 Å². The second-order valence-electron chi connectivity index (χ2n) is 2.99. The Morgan fingerprint density at radius 1 is 1.69 bits per heavy atom. The Balaban J connectivity index is 2.26. The van der Waals surface area contributed by atoms with Gasteiger partial charge in [-0.05, 0) is 18.4 Å². The van der Waals surface area contributed by atoms with Gasteiger partial charge in [0, 0.05) is 6.54 Å². The molecule has 0 aromatic carbocycles. The topological polar surface area (TPSA) is 94.0 Å². The zero-order valence-electron chi connectivity index (χ0n) is 8.56. The molecular formula is C9H10N4O2S. The number of anilines is 1. The lowest BCUT2D eigenvalue weighted by Crippen LogP contribution is -2.23. The van der Waals surface area contributed by atoms with Gasteiger partial charge in [0.05, 0.1) is 5.69 Å². The highest BCUT2D eigenvalue weighted by Crippen LogP contribution is 2.29. The molecule has 2 aromatic rings. The van der Waals surface area contributed by atoms with Crippen LogP contribution in [0.1, 0.15) is 17.5 Å². The van der Waals surface area contributed by atoms with E-state index in [9.17, 15) is 4.79 Å². The summed E-state index contributed by atoms with van der Waals surface area (Å²) in [6.07, 6.45) is 0. The van der Waals surface area contributed by atoms with Gasteiger partial charge in [-0.1, -0.05) is 5.16 Å². The Bertz CT molecular complexity index is 505. The maximum atomic E-state index is 11.4. The van der Waals surface area contributed by atoms with Crippen LogP contribution >= 0.6 is 11.3 Å². The van der Waals surface area contributed by atoms with E-state index in [1.807, 2.05) is 12.3 Å². The van der Waals surface area contributed by atoms with Crippen molar-refractivity contribution in [2.24, 2.45) is 0 Å². The van der Waals surface area contributed by atoms with Crippen LogP contribution in [-0.4, -0.2) is 22.6 Å². The second kappa shape index (κ2) is 4.31. The van der Waals surface area contributed by atoms with Crippen LogP contribution in [0.5, 0.6) is 0 Å². The van der Waals surface area contributed by atoms with Crippen molar-refractivity contribution in [2.45, 2.75) is 6.92 Å². The van der Waals surface area contributed by atoms with E-state index in [0.717, 1.165) is 0 Å². The number of nitrogens with zero attached hydrogens (tertiary/aromatic N) is 2. The first-order valence-corrected chi connectivity index (χ1v) is 5.55. The predicted molar refractivity (Wildman–Crippen MR) is 60.0 cm³/mol. The minimum Gasteiger partial charge on any atom is -0.397 e. The predicted octanol–water partition coefficient (Wildman–Crippen LogP) is 1.13. The number of hydrogen-bond acceptors (Lipinski definition) is 6. The van der Waals surface area contributed by atoms with Crippen LogP contribution in [0.4, 0.5) is 5.69 Å². The number of thiophene rings is 1. The molecule has 3 N–H and O–H groups in total. The van der Waals surface area contributed by atoms with Gasteiger partial charge in [0.25, 0.3) is 17.6 Å². The average Bonchev–Trinajstić information content (AvgIpc) is 2.86. The molecule has 0 saturated heterocycles. The molecule has 16 heavy (non-hydrogen) atoms. The van der Waals surface area contributed by atoms with E-state index in [1.54, 1.807) is 6.07 Å². The minimum absolute atomic E-state index is 0.0182. The molecule has 1 amide bonds. The van der Waals surface area contributed by atoms with Crippen LogP contribution in [0.2, 0.25) is 0 Å². The van der Waals surface area contributed by atoms with Crippen LogP contribution < -0.4 is 11.1 Å². The van der Waals surface area contributed by atoms with E-state index in [2.05, 4.69) is 15.5 Å². The molecule has 0 aliphatic rings. The fourth-order valence-corrected chi connectivity index (χ4v) is 1.88. The van der Waals surface area contributed by atoms with Crippen molar-refractivity contribution in [1.82, 2.24) is 15.5 Å². The molecule has 0 aliphatic heterocycles. The summed E-state index contributed by atoms with van der Waals surface area (Å²) in [6, 6.07) is 1.75. The summed E-state index contributed by atoms with van der Waals surface area (Å²) in [5, 5.41) is 7.99. The Morgan fingerprint density at radius 3 is 3.12 bits per heavy atom. The molecule has 0 radical (unpaired) electrons. The van der Waals surface area contributed by atoms with Gasteiger partial charge in [-0.3, -0.25) is 4.79 Å². The zero-order valence-corrected chi connectivity index (χ0v) is 9.37. The Morgan fingerprint density at radius 2 is 2.50 bits per heavy atom. The largest absolute Gasteiger partial charge is 0.397 e. The van der Waals surface area contributed by atoms with Crippen LogP contribution in [0, 0.1) is 0 Å². The first-order chi connectivity index (χ1) is 7.72. The number of amides is 1. The molecule has 6 nitrogen and oxygen atoms in total. The van der Waals surface area contributed by atoms with E-state index < -0.39 is 0 Å². The first kappa shape index (κ1) is 10.6. The number of rotatable bonds is 3. The third kappa shape index (κ3) is 1.89. The van der Waals surface area contributed by atoms with Gasteiger partial charge in [-0.2, -0.15) is 4.98 Å². The molecule has 0 bridgehead atoms. The van der Waals surface area contributed by atoms with Crippen molar-refractivity contribution >= 4 is 22.9 Å². The van der Waals surface area contributed by atoms with Gasteiger partial charge >= 0.3 is 0 Å². The van der Waals surface area contributed by atoms with Crippen molar-refractivity contribution in [3.05, 3.63) is 17.3 Å². The lowest BCUT2D eigenvalue weighted by molar-refractivity contribution is 0.0942. The molecular weight excluding hydrogens is 228 g/mol. The SMILES string of the molecule is CCNC(=O)c1noc(-c2sccc2N)n1. The standard InChI is InChI=1S/C9H10N4O2S/c1-2-11-8(14)7-12-9(15-13-7)6-5(10)3-4-16-6/h3-4H,2,10H2,1H3,(H,11,14). The van der Waals surface area contributed by atoms with Gasteiger partial charge in [0.15, 0.2) is 0 Å². The monoisotopic (exact) mass is 238 g/mol. The highest BCUT2D eigenvalue weighted by Gasteiger charge is 2.17. The summed E-state index contributed by atoms with van der Waals surface area (Å²) in [6.45, 7) is 2.33. The highest BCUT2D eigenvalue weighted by atomic mass is 32.1. The molecule has 0 saturated carbocycles. The Kier molecular flexibility index (Phi) is 2.86. The van der Waals surface area contributed by atoms with E-state index >= 15 is 0 Å². The molecule has 0 aliphatic carbocycles. The fraction of sp³-hybridized carbons (Fsp3) is 0.222. The lowest BCUT2D eigenvalue weighted by Gasteiger charge is -1.93. The number of aromatic nitrogens is 2. The summed E-state index contributed by atoms with van der Waals surface area (Å²) in [7, 11) is 0. The number of hydrogen-bond donors (Lipinski definition) is 2. The third-order valence-electron chi connectivity index (χ3n) is 1.86. The average molecular weight is 238 g/mol. The molecule has 84 valence electrons. The summed E-state index contributed by atoms with van der Waals surface area (Å²) in [5.74, 6) is -0.0639. The molecule has 0 fully saturated rings. The maximum absolute atomic E-state index is 11.4. The van der Waals surface area contributed by atoms with Crippen molar-refractivity contribution in [3.8, 4) is 10.8 Å². The molecule has 2 heterocycles. The first-order valence-electron chi connectivity index (χ1n) is 4.67. The number of carbonyl (C=O) groups is 1. The van der Waals surface area contributed by atoms with E-state index in [4.69, 9.17) is 10.3 Å². The van der Waals surface area contributed by atoms with Crippen molar-refractivity contribution < 1.29 is 9.32 Å². The summed E-state index contributed by atoms with van der Waals surface area (Å²) < 4.78 is 4.97. The van der Waals surface area contributed by atoms with Gasteiger partial charge in [-0.15, -0.1) is 11.3 Å². The summed E-state index contributed by atoms with van der Waals surface area (Å²) in [5.41, 5.74) is 6.26.